The average Bonchev–Trinajstić information content (AvgIpc) is 2.42. The van der Waals surface area contributed by atoms with Gasteiger partial charge in [0.1, 0.15) is 5.82 Å². The van der Waals surface area contributed by atoms with Gasteiger partial charge in [0.15, 0.2) is 0 Å². The summed E-state index contributed by atoms with van der Waals surface area (Å²) in [6, 6.07) is 7.88. The number of nitro benzene ring substituents is 1. The van der Waals surface area contributed by atoms with E-state index in [1.54, 1.807) is 6.07 Å². The Kier molecular flexibility index (Phi) is 4.78. The zero-order chi connectivity index (χ0) is 15.6. The molecule has 0 saturated carbocycles. The van der Waals surface area contributed by atoms with Crippen molar-refractivity contribution in [2.45, 2.75) is 9.79 Å². The fourth-order valence-corrected chi connectivity index (χ4v) is 2.99. The van der Waals surface area contributed by atoms with Crippen LogP contribution in [0.1, 0.15) is 10.4 Å². The Hall–Kier alpha value is -1.68. The maximum atomic E-state index is 13.7. The summed E-state index contributed by atoms with van der Waals surface area (Å²) in [6.45, 7) is 0. The molecular formula is C13H7FINO4S. The van der Waals surface area contributed by atoms with Crippen LogP contribution in [0.4, 0.5) is 10.1 Å². The SMILES string of the molecule is O=C(O)c1ccc(F)c(Sc2ccc(I)cc2[N+](=O)[O-])c1. The summed E-state index contributed by atoms with van der Waals surface area (Å²) < 4.78 is 14.4. The Labute approximate surface area is 136 Å². The summed E-state index contributed by atoms with van der Waals surface area (Å²) >= 11 is 2.77. The van der Waals surface area contributed by atoms with Crippen molar-refractivity contribution in [1.29, 1.82) is 0 Å². The molecule has 0 heterocycles. The Morgan fingerprint density at radius 3 is 2.57 bits per heavy atom. The monoisotopic (exact) mass is 419 g/mol. The molecule has 0 bridgehead atoms. The topological polar surface area (TPSA) is 80.4 Å². The molecule has 0 unspecified atom stereocenters. The van der Waals surface area contributed by atoms with E-state index in [0.717, 1.165) is 30.0 Å². The lowest BCUT2D eigenvalue weighted by Gasteiger charge is -2.06. The first-order valence-corrected chi connectivity index (χ1v) is 7.42. The lowest BCUT2D eigenvalue weighted by atomic mass is 10.2. The number of halogens is 2. The molecule has 0 aromatic heterocycles. The van der Waals surface area contributed by atoms with Crippen molar-refractivity contribution in [3.8, 4) is 0 Å². The van der Waals surface area contributed by atoms with Gasteiger partial charge in [0.05, 0.1) is 15.4 Å². The standard InChI is InChI=1S/C13H7FINO4S/c14-9-3-1-7(13(17)18)5-12(9)21-11-4-2-8(15)6-10(11)16(19)20/h1-6H,(H,17,18). The van der Waals surface area contributed by atoms with Crippen molar-refractivity contribution in [3.63, 3.8) is 0 Å². The molecule has 0 saturated heterocycles. The Balaban J connectivity index is 2.45. The minimum absolute atomic E-state index is 0.0270. The maximum Gasteiger partial charge on any atom is 0.335 e. The van der Waals surface area contributed by atoms with Gasteiger partial charge in [-0.25, -0.2) is 9.18 Å². The zero-order valence-corrected chi connectivity index (χ0v) is 13.2. The minimum atomic E-state index is -1.19. The summed E-state index contributed by atoms with van der Waals surface area (Å²) in [6.07, 6.45) is 0. The molecule has 21 heavy (non-hydrogen) atoms. The summed E-state index contributed by atoms with van der Waals surface area (Å²) in [4.78, 5) is 21.6. The predicted molar refractivity (Wildman–Crippen MR) is 83.3 cm³/mol. The number of nitro groups is 1. The van der Waals surface area contributed by atoms with Crippen LogP contribution in [0.5, 0.6) is 0 Å². The van der Waals surface area contributed by atoms with Crippen LogP contribution in [0.2, 0.25) is 0 Å². The third kappa shape index (κ3) is 3.70. The van der Waals surface area contributed by atoms with E-state index < -0.39 is 16.7 Å². The molecule has 0 spiro atoms. The van der Waals surface area contributed by atoms with Gasteiger partial charge in [-0.1, -0.05) is 11.8 Å². The number of carboxylic acids is 1. The first-order valence-electron chi connectivity index (χ1n) is 5.53. The summed E-state index contributed by atoms with van der Waals surface area (Å²) in [5.74, 6) is -1.81. The third-order valence-electron chi connectivity index (χ3n) is 2.52. The van der Waals surface area contributed by atoms with E-state index in [1.807, 2.05) is 22.6 Å². The molecule has 0 aliphatic heterocycles. The molecule has 0 aliphatic rings. The lowest BCUT2D eigenvalue weighted by molar-refractivity contribution is -0.387. The Morgan fingerprint density at radius 1 is 1.24 bits per heavy atom. The Bertz CT molecular complexity index is 738. The smallest absolute Gasteiger partial charge is 0.335 e. The van der Waals surface area contributed by atoms with Crippen LogP contribution in [0.3, 0.4) is 0 Å². The molecule has 8 heteroatoms. The highest BCUT2D eigenvalue weighted by Gasteiger charge is 2.18. The number of nitrogens with zero attached hydrogens (tertiary/aromatic N) is 1. The number of benzene rings is 2. The van der Waals surface area contributed by atoms with Gasteiger partial charge < -0.3 is 5.11 Å². The van der Waals surface area contributed by atoms with Crippen LogP contribution < -0.4 is 0 Å². The first kappa shape index (κ1) is 15.7. The highest BCUT2D eigenvalue weighted by Crippen LogP contribution is 2.37. The van der Waals surface area contributed by atoms with Gasteiger partial charge in [-0.05, 0) is 52.9 Å². The fraction of sp³-hybridized carbons (Fsp3) is 0. The highest BCUT2D eigenvalue weighted by atomic mass is 127. The highest BCUT2D eigenvalue weighted by molar-refractivity contribution is 14.1. The molecule has 1 N–H and O–H groups in total. The van der Waals surface area contributed by atoms with Crippen LogP contribution in [-0.2, 0) is 0 Å². The summed E-state index contributed by atoms with van der Waals surface area (Å²) in [7, 11) is 0. The van der Waals surface area contributed by atoms with Gasteiger partial charge in [0.25, 0.3) is 5.69 Å². The largest absolute Gasteiger partial charge is 0.478 e. The van der Waals surface area contributed by atoms with Gasteiger partial charge in [-0.2, -0.15) is 0 Å². The second-order valence-corrected chi connectivity index (χ2v) is 6.25. The molecule has 2 rings (SSSR count). The van der Waals surface area contributed by atoms with Crippen LogP contribution in [0, 0.1) is 19.5 Å². The second kappa shape index (κ2) is 6.39. The maximum absolute atomic E-state index is 13.7. The molecule has 5 nitrogen and oxygen atoms in total. The van der Waals surface area contributed by atoms with Crippen molar-refractivity contribution in [2.75, 3.05) is 0 Å². The van der Waals surface area contributed by atoms with Crippen LogP contribution in [-0.4, -0.2) is 16.0 Å². The van der Waals surface area contributed by atoms with E-state index in [-0.39, 0.29) is 21.0 Å². The van der Waals surface area contributed by atoms with Crippen molar-refractivity contribution >= 4 is 46.0 Å². The summed E-state index contributed by atoms with van der Waals surface area (Å²) in [5.41, 5.74) is -0.223. The minimum Gasteiger partial charge on any atom is -0.478 e. The molecule has 0 radical (unpaired) electrons. The zero-order valence-electron chi connectivity index (χ0n) is 10.2. The molecule has 0 fully saturated rings. The van der Waals surface area contributed by atoms with E-state index >= 15 is 0 Å². The molecular weight excluding hydrogens is 412 g/mol. The fourth-order valence-electron chi connectivity index (χ4n) is 1.55. The van der Waals surface area contributed by atoms with Crippen molar-refractivity contribution in [1.82, 2.24) is 0 Å². The molecule has 108 valence electrons. The van der Waals surface area contributed by atoms with Crippen molar-refractivity contribution in [2.24, 2.45) is 0 Å². The number of rotatable bonds is 4. The van der Waals surface area contributed by atoms with Gasteiger partial charge in [-0.15, -0.1) is 0 Å². The molecule has 2 aromatic carbocycles. The lowest BCUT2D eigenvalue weighted by Crippen LogP contribution is -1.97. The quantitative estimate of drug-likeness (QED) is 0.457. The normalized spacial score (nSPS) is 10.4. The van der Waals surface area contributed by atoms with E-state index in [0.29, 0.717) is 3.57 Å². The third-order valence-corrected chi connectivity index (χ3v) is 4.28. The Morgan fingerprint density at radius 2 is 1.95 bits per heavy atom. The van der Waals surface area contributed by atoms with Crippen LogP contribution in [0.15, 0.2) is 46.2 Å². The molecule has 0 aliphatic carbocycles. The first-order chi connectivity index (χ1) is 9.88. The van der Waals surface area contributed by atoms with Gasteiger partial charge in [0.2, 0.25) is 0 Å². The molecule has 2 aromatic rings. The number of carbonyl (C=O) groups is 1. The van der Waals surface area contributed by atoms with Gasteiger partial charge in [-0.3, -0.25) is 10.1 Å². The predicted octanol–water partition coefficient (Wildman–Crippen LogP) is 4.19. The number of hydrogen-bond donors (Lipinski definition) is 1. The average molecular weight is 419 g/mol. The van der Waals surface area contributed by atoms with Gasteiger partial charge in [0, 0.05) is 14.5 Å². The second-order valence-electron chi connectivity index (χ2n) is 3.92. The number of carboxylic acid groups (broad SMARTS) is 1. The van der Waals surface area contributed by atoms with Gasteiger partial charge >= 0.3 is 5.97 Å². The number of hydrogen-bond acceptors (Lipinski definition) is 4. The number of aromatic carboxylic acids is 1. The van der Waals surface area contributed by atoms with Crippen LogP contribution in [0.25, 0.3) is 0 Å². The van der Waals surface area contributed by atoms with Crippen LogP contribution >= 0.6 is 34.4 Å². The summed E-state index contributed by atoms with van der Waals surface area (Å²) in [5, 5.41) is 19.9. The van der Waals surface area contributed by atoms with Crippen molar-refractivity contribution in [3.05, 3.63) is 61.5 Å². The van der Waals surface area contributed by atoms with Crippen molar-refractivity contribution < 1.29 is 19.2 Å². The van der Waals surface area contributed by atoms with E-state index in [9.17, 15) is 19.3 Å². The molecule has 0 atom stereocenters. The van der Waals surface area contributed by atoms with E-state index in [2.05, 4.69) is 0 Å². The molecule has 0 amide bonds. The van der Waals surface area contributed by atoms with E-state index in [4.69, 9.17) is 5.11 Å². The van der Waals surface area contributed by atoms with E-state index in [1.165, 1.54) is 12.1 Å².